The zero-order valence-corrected chi connectivity index (χ0v) is 17.3. The maximum atomic E-state index is 14.7. The number of anilines is 2. The van der Waals surface area contributed by atoms with Crippen molar-refractivity contribution in [1.29, 1.82) is 0 Å². The third-order valence-corrected chi connectivity index (χ3v) is 5.86. The number of fused-ring (bicyclic) bond motifs is 1. The molecule has 0 spiro atoms. The predicted octanol–water partition coefficient (Wildman–Crippen LogP) is 3.23. The van der Waals surface area contributed by atoms with Crippen molar-refractivity contribution >= 4 is 42.7 Å². The first-order valence-corrected chi connectivity index (χ1v) is 10.3. The molecule has 7 nitrogen and oxygen atoms in total. The second kappa shape index (κ2) is 8.69. The summed E-state index contributed by atoms with van der Waals surface area (Å²) in [5.41, 5.74) is 1.63. The predicted molar refractivity (Wildman–Crippen MR) is 114 cm³/mol. The second-order valence-electron chi connectivity index (χ2n) is 7.62. The molecule has 1 aliphatic heterocycles. The minimum Gasteiger partial charge on any atom is -0.351 e. The highest BCUT2D eigenvalue weighted by atomic mass is 35.5. The molecule has 2 unspecified atom stereocenters. The van der Waals surface area contributed by atoms with Crippen LogP contribution in [-0.4, -0.2) is 41.7 Å². The summed E-state index contributed by atoms with van der Waals surface area (Å²) in [7, 11) is 1.38. The molecule has 1 saturated carbocycles. The number of aromatic nitrogens is 2. The number of hydrogen-bond donors (Lipinski definition) is 1. The summed E-state index contributed by atoms with van der Waals surface area (Å²) in [4.78, 5) is 35.8. The molecular weight excluding hydrogens is 408 g/mol. The fraction of sp³-hybridized carbons (Fsp3) is 0.400. The van der Waals surface area contributed by atoms with Crippen molar-refractivity contribution in [2.75, 3.05) is 9.80 Å². The number of nitrogens with zero attached hydrogens (tertiary/aromatic N) is 4. The van der Waals surface area contributed by atoms with Crippen LogP contribution in [0.25, 0.3) is 0 Å². The summed E-state index contributed by atoms with van der Waals surface area (Å²) < 4.78 is 14.7. The summed E-state index contributed by atoms with van der Waals surface area (Å²) in [5, 5.41) is 3.15. The molecule has 1 radical (unpaired) electrons. The van der Waals surface area contributed by atoms with Crippen molar-refractivity contribution in [2.24, 2.45) is 0 Å². The highest BCUT2D eigenvalue weighted by molar-refractivity contribution is 6.64. The van der Waals surface area contributed by atoms with Gasteiger partial charge in [0, 0.05) is 17.8 Å². The molecule has 2 atom stereocenters. The number of urea groups is 1. The molecule has 10 heteroatoms. The number of carbonyl (C=O) groups is 2. The maximum absolute atomic E-state index is 14.7. The van der Waals surface area contributed by atoms with E-state index in [1.54, 1.807) is 30.2 Å². The van der Waals surface area contributed by atoms with Crippen molar-refractivity contribution in [3.8, 4) is 0 Å². The van der Waals surface area contributed by atoms with Crippen molar-refractivity contribution in [2.45, 2.75) is 51.2 Å². The topological polar surface area (TPSA) is 78.4 Å². The van der Waals surface area contributed by atoms with Crippen LogP contribution in [0.5, 0.6) is 0 Å². The Kier molecular flexibility index (Phi) is 6.01. The van der Waals surface area contributed by atoms with E-state index < -0.39 is 5.82 Å². The third kappa shape index (κ3) is 3.91. The summed E-state index contributed by atoms with van der Waals surface area (Å²) in [6.45, 7) is 1.94. The Balaban J connectivity index is 1.73. The fourth-order valence-corrected chi connectivity index (χ4v) is 4.48. The number of aryl methyl sites for hydroxylation is 1. The van der Waals surface area contributed by atoms with Gasteiger partial charge < -0.3 is 10.0 Å². The van der Waals surface area contributed by atoms with Gasteiger partial charge in [-0.25, -0.2) is 14.2 Å². The Bertz CT molecular complexity index is 958. The van der Waals surface area contributed by atoms with E-state index in [9.17, 15) is 14.0 Å². The minimum atomic E-state index is -0.453. The Labute approximate surface area is 179 Å². The lowest BCUT2D eigenvalue weighted by molar-refractivity contribution is 0.242. The van der Waals surface area contributed by atoms with Gasteiger partial charge in [0.1, 0.15) is 11.6 Å². The molecular formula is C20H21BClFN5O2. The highest BCUT2D eigenvalue weighted by Crippen LogP contribution is 2.37. The SMILES string of the molecule is Cc1cccc(F)c1N1Cc2cnc(Cl)nc2N(C2CCCC(N[B]C=O)C2)C1=O. The molecule has 2 aromatic rings. The molecule has 2 aliphatic rings. The molecule has 2 heterocycles. The van der Waals surface area contributed by atoms with Crippen LogP contribution in [0.15, 0.2) is 24.4 Å². The number of hydrogen-bond acceptors (Lipinski definition) is 5. The number of halogens is 2. The van der Waals surface area contributed by atoms with Gasteiger partial charge in [0.2, 0.25) is 5.28 Å². The summed E-state index contributed by atoms with van der Waals surface area (Å²) in [6.07, 6.45) is 5.49. The van der Waals surface area contributed by atoms with Crippen LogP contribution in [0.2, 0.25) is 5.28 Å². The molecule has 1 N–H and O–H groups in total. The molecule has 1 aromatic heterocycles. The fourth-order valence-electron chi connectivity index (χ4n) is 4.35. The summed E-state index contributed by atoms with van der Waals surface area (Å²) in [5.74, 6) is 0.0145. The van der Waals surface area contributed by atoms with Crippen molar-refractivity contribution < 1.29 is 14.0 Å². The molecule has 1 aliphatic carbocycles. The van der Waals surface area contributed by atoms with E-state index in [1.807, 2.05) is 0 Å². The van der Waals surface area contributed by atoms with E-state index in [0.29, 0.717) is 29.6 Å². The van der Waals surface area contributed by atoms with Gasteiger partial charge in [-0.3, -0.25) is 9.80 Å². The quantitative estimate of drug-likeness (QED) is 0.449. The van der Waals surface area contributed by atoms with E-state index in [2.05, 4.69) is 15.2 Å². The van der Waals surface area contributed by atoms with Crippen LogP contribution < -0.4 is 15.0 Å². The number of carbonyl (C=O) groups excluding carboxylic acids is 2. The van der Waals surface area contributed by atoms with Crippen molar-refractivity contribution in [3.63, 3.8) is 0 Å². The smallest absolute Gasteiger partial charge is 0.330 e. The zero-order valence-electron chi connectivity index (χ0n) is 16.5. The third-order valence-electron chi connectivity index (χ3n) is 5.68. The van der Waals surface area contributed by atoms with Crippen LogP contribution >= 0.6 is 11.6 Å². The lowest BCUT2D eigenvalue weighted by Gasteiger charge is -2.43. The Morgan fingerprint density at radius 3 is 2.97 bits per heavy atom. The Morgan fingerprint density at radius 2 is 2.20 bits per heavy atom. The van der Waals surface area contributed by atoms with Crippen molar-refractivity contribution in [1.82, 2.24) is 15.2 Å². The lowest BCUT2D eigenvalue weighted by Crippen LogP contribution is -2.55. The van der Waals surface area contributed by atoms with Gasteiger partial charge in [0.15, 0.2) is 0 Å². The largest absolute Gasteiger partial charge is 0.351 e. The van der Waals surface area contributed by atoms with Gasteiger partial charge >= 0.3 is 6.03 Å². The normalized spacial score (nSPS) is 21.4. The van der Waals surface area contributed by atoms with Gasteiger partial charge in [-0.2, -0.15) is 4.98 Å². The molecule has 1 fully saturated rings. The Hall–Kier alpha value is -2.52. The molecule has 0 saturated heterocycles. The summed E-state index contributed by atoms with van der Waals surface area (Å²) >= 11 is 6.04. The van der Waals surface area contributed by atoms with Gasteiger partial charge in [0.25, 0.3) is 7.41 Å². The molecule has 4 rings (SSSR count). The number of amides is 2. The van der Waals surface area contributed by atoms with Crippen LogP contribution in [0.1, 0.15) is 36.8 Å². The Morgan fingerprint density at radius 1 is 1.37 bits per heavy atom. The standard InChI is InChI=1S/C20H21BClFN5O2/c1-12-4-2-7-16(23)17(12)27-10-13-9-24-19(22)25-18(13)28(20(27)30)15-6-3-5-14(8-15)26-21-11-29/h2,4,7,9,11,14-15,26H,3,5-6,8,10H2,1H3. The first kappa shape index (κ1) is 20.7. The van der Waals surface area contributed by atoms with E-state index in [1.165, 1.54) is 18.4 Å². The average molecular weight is 429 g/mol. The van der Waals surface area contributed by atoms with Crippen LogP contribution in [0, 0.1) is 12.7 Å². The molecule has 2 amide bonds. The number of rotatable bonds is 5. The molecule has 30 heavy (non-hydrogen) atoms. The first-order valence-electron chi connectivity index (χ1n) is 9.90. The highest BCUT2D eigenvalue weighted by Gasteiger charge is 2.40. The van der Waals surface area contributed by atoms with E-state index in [0.717, 1.165) is 19.3 Å². The number of benzene rings is 1. The first-order chi connectivity index (χ1) is 14.5. The number of nitrogens with one attached hydrogen (secondary N) is 1. The minimum absolute atomic E-state index is 0.0573. The molecule has 155 valence electrons. The molecule has 1 aromatic carbocycles. The summed E-state index contributed by atoms with van der Waals surface area (Å²) in [6, 6.07) is 4.31. The van der Waals surface area contributed by atoms with Gasteiger partial charge in [-0.1, -0.05) is 12.1 Å². The molecule has 0 bridgehead atoms. The van der Waals surface area contributed by atoms with E-state index in [-0.39, 0.29) is 35.6 Å². The second-order valence-corrected chi connectivity index (χ2v) is 7.96. The van der Waals surface area contributed by atoms with Gasteiger partial charge in [-0.05, 0) is 61.9 Å². The average Bonchev–Trinajstić information content (AvgIpc) is 2.73. The maximum Gasteiger partial charge on any atom is 0.330 e. The van der Waals surface area contributed by atoms with Crippen LogP contribution in [-0.2, 0) is 11.3 Å². The van der Waals surface area contributed by atoms with Gasteiger partial charge in [-0.15, -0.1) is 0 Å². The van der Waals surface area contributed by atoms with E-state index in [4.69, 9.17) is 11.6 Å². The van der Waals surface area contributed by atoms with Crippen molar-refractivity contribution in [3.05, 3.63) is 46.6 Å². The lowest BCUT2D eigenvalue weighted by atomic mass is 9.85. The number of para-hydroxylation sites is 1. The van der Waals surface area contributed by atoms with E-state index >= 15 is 0 Å². The van der Waals surface area contributed by atoms with Crippen LogP contribution in [0.3, 0.4) is 0 Å². The van der Waals surface area contributed by atoms with Gasteiger partial charge in [0.05, 0.1) is 18.4 Å². The monoisotopic (exact) mass is 428 g/mol. The zero-order chi connectivity index (χ0) is 21.3. The van der Waals surface area contributed by atoms with Crippen LogP contribution in [0.4, 0.5) is 20.7 Å².